The number of aryl methyl sites for hydroxylation is 1. The van der Waals surface area contributed by atoms with E-state index in [0.29, 0.717) is 17.9 Å². The SMILES string of the molecule is Cc1ccc(C2COc3c(ccc(-n4nnc5ccccc54)c3C)C2=O)cc1. The molecule has 0 saturated carbocycles. The summed E-state index contributed by atoms with van der Waals surface area (Å²) in [6.45, 7) is 4.35. The predicted molar refractivity (Wildman–Crippen MR) is 107 cm³/mol. The van der Waals surface area contributed by atoms with E-state index in [2.05, 4.69) is 10.3 Å². The van der Waals surface area contributed by atoms with Crippen molar-refractivity contribution in [2.24, 2.45) is 0 Å². The molecule has 1 atom stereocenters. The maximum absolute atomic E-state index is 13.1. The van der Waals surface area contributed by atoms with Gasteiger partial charge in [0.05, 0.1) is 22.7 Å². The number of ketones is 1. The van der Waals surface area contributed by atoms with Crippen LogP contribution in [-0.4, -0.2) is 27.4 Å². The summed E-state index contributed by atoms with van der Waals surface area (Å²) in [4.78, 5) is 13.1. The molecule has 1 aliphatic heterocycles. The molecule has 0 radical (unpaired) electrons. The summed E-state index contributed by atoms with van der Waals surface area (Å²) in [6.07, 6.45) is 0. The second-order valence-corrected chi connectivity index (χ2v) is 7.21. The first-order valence-electron chi connectivity index (χ1n) is 9.31. The van der Waals surface area contributed by atoms with Crippen LogP contribution in [0.15, 0.2) is 60.7 Å². The number of aromatic nitrogens is 3. The molecule has 0 N–H and O–H groups in total. The molecule has 0 fully saturated rings. The summed E-state index contributed by atoms with van der Waals surface area (Å²) in [5.74, 6) is 0.471. The Morgan fingerprint density at radius 1 is 1.00 bits per heavy atom. The lowest BCUT2D eigenvalue weighted by Crippen LogP contribution is -2.27. The van der Waals surface area contributed by atoms with E-state index in [-0.39, 0.29) is 11.7 Å². The summed E-state index contributed by atoms with van der Waals surface area (Å²) < 4.78 is 7.89. The molecule has 28 heavy (non-hydrogen) atoms. The number of carbonyl (C=O) groups is 1. The Balaban J connectivity index is 1.57. The van der Waals surface area contributed by atoms with E-state index in [1.807, 2.05) is 74.5 Å². The molecule has 138 valence electrons. The third kappa shape index (κ3) is 2.51. The fraction of sp³-hybridized carbons (Fsp3) is 0.174. The average molecular weight is 369 g/mol. The molecule has 1 aromatic heterocycles. The second-order valence-electron chi connectivity index (χ2n) is 7.21. The normalized spacial score (nSPS) is 16.1. The van der Waals surface area contributed by atoms with Gasteiger partial charge in [0, 0.05) is 5.56 Å². The number of rotatable bonds is 2. The van der Waals surface area contributed by atoms with Crippen LogP contribution in [0.5, 0.6) is 5.75 Å². The average Bonchev–Trinajstić information content (AvgIpc) is 3.14. The van der Waals surface area contributed by atoms with Crippen LogP contribution in [0.1, 0.15) is 33.0 Å². The van der Waals surface area contributed by atoms with Crippen LogP contribution < -0.4 is 4.74 Å². The van der Waals surface area contributed by atoms with E-state index in [9.17, 15) is 4.79 Å². The van der Waals surface area contributed by atoms with Gasteiger partial charge < -0.3 is 4.74 Å². The van der Waals surface area contributed by atoms with Gasteiger partial charge in [-0.2, -0.15) is 0 Å². The molecule has 0 aliphatic carbocycles. The van der Waals surface area contributed by atoms with Crippen molar-refractivity contribution in [3.63, 3.8) is 0 Å². The molecule has 4 aromatic rings. The molecule has 3 aromatic carbocycles. The van der Waals surface area contributed by atoms with Crippen molar-refractivity contribution in [1.82, 2.24) is 15.0 Å². The van der Waals surface area contributed by atoms with Crippen LogP contribution in [0.4, 0.5) is 0 Å². The topological polar surface area (TPSA) is 57.0 Å². The molecule has 2 heterocycles. The van der Waals surface area contributed by atoms with Gasteiger partial charge in [0.25, 0.3) is 0 Å². The van der Waals surface area contributed by atoms with Gasteiger partial charge in [-0.15, -0.1) is 5.10 Å². The van der Waals surface area contributed by atoms with Gasteiger partial charge in [-0.05, 0) is 43.7 Å². The zero-order valence-corrected chi connectivity index (χ0v) is 15.7. The zero-order valence-electron chi connectivity index (χ0n) is 15.7. The van der Waals surface area contributed by atoms with Crippen LogP contribution in [0, 0.1) is 13.8 Å². The van der Waals surface area contributed by atoms with Gasteiger partial charge in [0.15, 0.2) is 5.78 Å². The smallest absolute Gasteiger partial charge is 0.177 e. The molecule has 0 amide bonds. The molecular weight excluding hydrogens is 350 g/mol. The maximum Gasteiger partial charge on any atom is 0.177 e. The Labute approximate surface area is 162 Å². The van der Waals surface area contributed by atoms with Crippen molar-refractivity contribution in [2.45, 2.75) is 19.8 Å². The van der Waals surface area contributed by atoms with E-state index < -0.39 is 0 Å². The molecule has 1 unspecified atom stereocenters. The van der Waals surface area contributed by atoms with Gasteiger partial charge in [0.1, 0.15) is 17.9 Å². The highest BCUT2D eigenvalue weighted by Crippen LogP contribution is 2.37. The van der Waals surface area contributed by atoms with Crippen molar-refractivity contribution < 1.29 is 9.53 Å². The Morgan fingerprint density at radius 3 is 2.61 bits per heavy atom. The molecule has 0 saturated heterocycles. The minimum Gasteiger partial charge on any atom is -0.491 e. The molecular formula is C23H19N3O2. The van der Waals surface area contributed by atoms with E-state index in [4.69, 9.17) is 4.74 Å². The van der Waals surface area contributed by atoms with Gasteiger partial charge in [-0.3, -0.25) is 4.79 Å². The highest BCUT2D eigenvalue weighted by molar-refractivity contribution is 6.05. The number of hydrogen-bond donors (Lipinski definition) is 0. The van der Waals surface area contributed by atoms with Crippen LogP contribution in [0.3, 0.4) is 0 Å². The predicted octanol–water partition coefficient (Wildman–Crippen LogP) is 4.40. The first-order chi connectivity index (χ1) is 13.6. The maximum atomic E-state index is 13.1. The van der Waals surface area contributed by atoms with Crippen molar-refractivity contribution in [3.8, 4) is 11.4 Å². The van der Waals surface area contributed by atoms with Crippen molar-refractivity contribution in [3.05, 3.63) is 82.9 Å². The van der Waals surface area contributed by atoms with Gasteiger partial charge in [0.2, 0.25) is 0 Å². The molecule has 0 spiro atoms. The lowest BCUT2D eigenvalue weighted by atomic mass is 9.87. The third-order valence-electron chi connectivity index (χ3n) is 5.41. The Hall–Kier alpha value is -3.47. The monoisotopic (exact) mass is 369 g/mol. The summed E-state index contributed by atoms with van der Waals surface area (Å²) in [5.41, 5.74) is 6.31. The van der Waals surface area contributed by atoms with Crippen molar-refractivity contribution >= 4 is 16.8 Å². The quantitative estimate of drug-likeness (QED) is 0.526. The zero-order chi connectivity index (χ0) is 19.3. The van der Waals surface area contributed by atoms with Crippen molar-refractivity contribution in [1.29, 1.82) is 0 Å². The van der Waals surface area contributed by atoms with E-state index in [1.54, 1.807) is 4.68 Å². The second kappa shape index (κ2) is 6.30. The van der Waals surface area contributed by atoms with Gasteiger partial charge >= 0.3 is 0 Å². The Kier molecular flexibility index (Phi) is 3.76. The minimum atomic E-state index is -0.273. The van der Waals surface area contributed by atoms with Gasteiger partial charge in [-0.25, -0.2) is 4.68 Å². The summed E-state index contributed by atoms with van der Waals surface area (Å²) >= 11 is 0. The number of benzene rings is 3. The third-order valence-corrected chi connectivity index (χ3v) is 5.41. The number of ether oxygens (including phenoxy) is 1. The van der Waals surface area contributed by atoms with Crippen LogP contribution in [-0.2, 0) is 0 Å². The van der Waals surface area contributed by atoms with Gasteiger partial charge in [-0.1, -0.05) is 47.2 Å². The molecule has 5 nitrogen and oxygen atoms in total. The first-order valence-corrected chi connectivity index (χ1v) is 9.31. The first kappa shape index (κ1) is 16.7. The summed E-state index contributed by atoms with van der Waals surface area (Å²) in [7, 11) is 0. The number of Topliss-reactive ketones (excluding diaryl/α,β-unsaturated/α-hetero) is 1. The van der Waals surface area contributed by atoms with Crippen LogP contribution in [0.25, 0.3) is 16.7 Å². The van der Waals surface area contributed by atoms with Crippen LogP contribution in [0.2, 0.25) is 0 Å². The van der Waals surface area contributed by atoms with Crippen molar-refractivity contribution in [2.75, 3.05) is 6.61 Å². The summed E-state index contributed by atoms with van der Waals surface area (Å²) in [5, 5.41) is 8.52. The van der Waals surface area contributed by atoms with E-state index in [0.717, 1.165) is 27.8 Å². The molecule has 5 heteroatoms. The Bertz CT molecular complexity index is 1210. The molecule has 5 rings (SSSR count). The van der Waals surface area contributed by atoms with E-state index in [1.165, 1.54) is 5.56 Å². The standard InChI is InChI=1S/C23H19N3O2/c1-14-7-9-16(10-8-14)18-13-28-23-15(2)20(12-11-17(23)22(18)27)26-21-6-4-3-5-19(21)24-25-26/h3-12,18H,13H2,1-2H3. The summed E-state index contributed by atoms with van der Waals surface area (Å²) in [6, 6.07) is 19.7. The highest BCUT2D eigenvalue weighted by Gasteiger charge is 2.32. The van der Waals surface area contributed by atoms with E-state index >= 15 is 0 Å². The fourth-order valence-corrected chi connectivity index (χ4v) is 3.81. The lowest BCUT2D eigenvalue weighted by molar-refractivity contribution is 0.0895. The minimum absolute atomic E-state index is 0.100. The largest absolute Gasteiger partial charge is 0.491 e. The molecule has 1 aliphatic rings. The Morgan fingerprint density at radius 2 is 1.79 bits per heavy atom. The number of fused-ring (bicyclic) bond motifs is 2. The highest BCUT2D eigenvalue weighted by atomic mass is 16.5. The number of para-hydroxylation sites is 1. The number of nitrogens with zero attached hydrogens (tertiary/aromatic N) is 3. The lowest BCUT2D eigenvalue weighted by Gasteiger charge is -2.26. The molecule has 0 bridgehead atoms. The van der Waals surface area contributed by atoms with Crippen LogP contribution >= 0.6 is 0 Å². The fourth-order valence-electron chi connectivity index (χ4n) is 3.81. The number of carbonyl (C=O) groups excluding carboxylic acids is 1. The number of hydrogen-bond acceptors (Lipinski definition) is 4.